The van der Waals surface area contributed by atoms with Gasteiger partial charge in [-0.25, -0.2) is 0 Å². The summed E-state index contributed by atoms with van der Waals surface area (Å²) in [7, 11) is 1.85. The fourth-order valence-electron chi connectivity index (χ4n) is 2.22. The second kappa shape index (κ2) is 7.10. The minimum Gasteiger partial charge on any atom is -0.351 e. The summed E-state index contributed by atoms with van der Waals surface area (Å²) in [5.41, 5.74) is 3.31. The lowest BCUT2D eigenvalue weighted by molar-refractivity contribution is -0.384. The minimum atomic E-state index is -0.587. The van der Waals surface area contributed by atoms with Crippen molar-refractivity contribution in [3.05, 3.63) is 68.9 Å². The Hall–Kier alpha value is -2.98. The number of thiocarbonyl (C=S) groups is 1. The first-order valence-electron chi connectivity index (χ1n) is 7.31. The average molecular weight is 388 g/mol. The van der Waals surface area contributed by atoms with Gasteiger partial charge in [0.15, 0.2) is 4.32 Å². The van der Waals surface area contributed by atoms with Crippen LogP contribution in [0.3, 0.4) is 0 Å². The van der Waals surface area contributed by atoms with E-state index in [-0.39, 0.29) is 15.6 Å². The number of carbonyl (C=O) groups is 2. The lowest BCUT2D eigenvalue weighted by Gasteiger charge is -2.15. The number of hydrazine groups is 1. The largest absolute Gasteiger partial charge is 0.351 e. The molecule has 1 aromatic heterocycles. The highest BCUT2D eigenvalue weighted by atomic mass is 32.2. The average Bonchev–Trinajstić information content (AvgIpc) is 3.13. The highest BCUT2D eigenvalue weighted by Crippen LogP contribution is 2.31. The minimum absolute atomic E-state index is 0.127. The summed E-state index contributed by atoms with van der Waals surface area (Å²) in [6, 6.07) is 8.75. The Morgan fingerprint density at radius 2 is 2.00 bits per heavy atom. The van der Waals surface area contributed by atoms with E-state index in [1.165, 1.54) is 24.3 Å². The standard InChI is InChI=1S/C16H12N4O4S2/c1-18-8-2-3-12(18)9-13-15(22)19(16(25)26-13)17-14(21)10-4-6-11(7-5-10)20(23)24/h2-9H,1H3,(H,17,21). The van der Waals surface area contributed by atoms with E-state index in [1.54, 1.807) is 6.08 Å². The van der Waals surface area contributed by atoms with Crippen LogP contribution < -0.4 is 5.43 Å². The number of non-ortho nitro benzene ring substituents is 1. The molecule has 0 aliphatic carbocycles. The molecule has 1 aliphatic rings. The number of benzene rings is 1. The summed E-state index contributed by atoms with van der Waals surface area (Å²) in [4.78, 5) is 35.3. The van der Waals surface area contributed by atoms with Crippen LogP contribution in [0.25, 0.3) is 6.08 Å². The first-order chi connectivity index (χ1) is 12.4. The van der Waals surface area contributed by atoms with Crippen molar-refractivity contribution >= 4 is 51.9 Å². The van der Waals surface area contributed by atoms with Gasteiger partial charge >= 0.3 is 0 Å². The van der Waals surface area contributed by atoms with Gasteiger partial charge in [0, 0.05) is 36.6 Å². The second-order valence-corrected chi connectivity index (χ2v) is 6.98. The van der Waals surface area contributed by atoms with Crippen LogP contribution in [0.15, 0.2) is 47.5 Å². The Bertz CT molecular complexity index is 949. The highest BCUT2D eigenvalue weighted by molar-refractivity contribution is 8.26. The predicted molar refractivity (Wildman–Crippen MR) is 101 cm³/mol. The number of aromatic nitrogens is 1. The van der Waals surface area contributed by atoms with Gasteiger partial charge in [-0.15, -0.1) is 0 Å². The Kier molecular flexibility index (Phi) is 4.87. The van der Waals surface area contributed by atoms with E-state index in [9.17, 15) is 19.7 Å². The van der Waals surface area contributed by atoms with Crippen LogP contribution in [-0.2, 0) is 11.8 Å². The molecular weight excluding hydrogens is 376 g/mol. The summed E-state index contributed by atoms with van der Waals surface area (Å²) in [5, 5.41) is 11.7. The Labute approximate surface area is 157 Å². The number of carbonyl (C=O) groups excluding carboxylic acids is 2. The number of aryl methyl sites for hydroxylation is 1. The monoisotopic (exact) mass is 388 g/mol. The van der Waals surface area contributed by atoms with E-state index in [1.807, 2.05) is 29.9 Å². The molecule has 3 rings (SSSR count). The van der Waals surface area contributed by atoms with Crippen LogP contribution in [0.4, 0.5) is 5.69 Å². The zero-order chi connectivity index (χ0) is 18.8. The van der Waals surface area contributed by atoms with Gasteiger partial charge < -0.3 is 4.57 Å². The Morgan fingerprint density at radius 3 is 2.58 bits per heavy atom. The fourth-order valence-corrected chi connectivity index (χ4v) is 3.39. The molecule has 132 valence electrons. The summed E-state index contributed by atoms with van der Waals surface area (Å²) in [6.45, 7) is 0. The van der Waals surface area contributed by atoms with Gasteiger partial charge in [-0.2, -0.15) is 5.01 Å². The molecule has 0 radical (unpaired) electrons. The smallest absolute Gasteiger partial charge is 0.285 e. The first-order valence-corrected chi connectivity index (χ1v) is 8.54. The number of amides is 2. The van der Waals surface area contributed by atoms with E-state index in [4.69, 9.17) is 12.2 Å². The van der Waals surface area contributed by atoms with Crippen LogP contribution in [-0.4, -0.2) is 30.6 Å². The fraction of sp³-hybridized carbons (Fsp3) is 0.0625. The van der Waals surface area contributed by atoms with Gasteiger partial charge in [0.05, 0.1) is 9.83 Å². The number of hydrogen-bond donors (Lipinski definition) is 1. The van der Waals surface area contributed by atoms with Crippen molar-refractivity contribution in [2.75, 3.05) is 0 Å². The highest BCUT2D eigenvalue weighted by Gasteiger charge is 2.34. The third kappa shape index (κ3) is 3.51. The topological polar surface area (TPSA) is 97.5 Å². The molecule has 1 aliphatic heterocycles. The Morgan fingerprint density at radius 1 is 1.31 bits per heavy atom. The molecule has 2 heterocycles. The van der Waals surface area contributed by atoms with Crippen LogP contribution in [0, 0.1) is 10.1 Å². The lowest BCUT2D eigenvalue weighted by Crippen LogP contribution is -2.44. The van der Waals surface area contributed by atoms with Crippen molar-refractivity contribution in [3.63, 3.8) is 0 Å². The SMILES string of the molecule is Cn1cccc1C=C1SC(=S)N(NC(=O)c2ccc([N+](=O)[O-])cc2)C1=O. The number of nitrogens with one attached hydrogen (secondary N) is 1. The molecule has 1 aromatic carbocycles. The normalized spacial score (nSPS) is 15.6. The van der Waals surface area contributed by atoms with Gasteiger partial charge in [0.2, 0.25) is 0 Å². The van der Waals surface area contributed by atoms with Crippen molar-refractivity contribution in [3.8, 4) is 0 Å². The molecule has 8 nitrogen and oxygen atoms in total. The molecule has 0 atom stereocenters. The number of nitrogens with zero attached hydrogens (tertiary/aromatic N) is 3. The van der Waals surface area contributed by atoms with E-state index in [0.717, 1.165) is 22.5 Å². The zero-order valence-corrected chi connectivity index (χ0v) is 15.0. The zero-order valence-electron chi connectivity index (χ0n) is 13.4. The molecule has 1 N–H and O–H groups in total. The van der Waals surface area contributed by atoms with Gasteiger partial charge in [0.1, 0.15) is 0 Å². The molecule has 2 amide bonds. The van der Waals surface area contributed by atoms with Crippen LogP contribution in [0.1, 0.15) is 16.1 Å². The number of thioether (sulfide) groups is 1. The van der Waals surface area contributed by atoms with E-state index in [0.29, 0.717) is 4.91 Å². The summed E-state index contributed by atoms with van der Waals surface area (Å²) >= 11 is 6.25. The molecular formula is C16H12N4O4S2. The van der Waals surface area contributed by atoms with E-state index >= 15 is 0 Å². The summed E-state index contributed by atoms with van der Waals surface area (Å²) in [5.74, 6) is -1.02. The number of hydrogen-bond acceptors (Lipinski definition) is 6. The maximum Gasteiger partial charge on any atom is 0.285 e. The molecule has 1 fully saturated rings. The van der Waals surface area contributed by atoms with Gasteiger partial charge in [-0.05, 0) is 42.6 Å². The van der Waals surface area contributed by atoms with Gasteiger partial charge in [-0.3, -0.25) is 25.1 Å². The molecule has 0 saturated carbocycles. The molecule has 2 aromatic rings. The van der Waals surface area contributed by atoms with Gasteiger partial charge in [0.25, 0.3) is 17.5 Å². The molecule has 26 heavy (non-hydrogen) atoms. The van der Waals surface area contributed by atoms with Crippen molar-refractivity contribution in [1.29, 1.82) is 0 Å². The van der Waals surface area contributed by atoms with E-state index in [2.05, 4.69) is 5.43 Å². The number of nitro groups is 1. The summed E-state index contributed by atoms with van der Waals surface area (Å²) in [6.07, 6.45) is 3.54. The molecule has 0 spiro atoms. The molecule has 1 saturated heterocycles. The Balaban J connectivity index is 1.75. The third-order valence-corrected chi connectivity index (χ3v) is 4.91. The lowest BCUT2D eigenvalue weighted by atomic mass is 10.2. The molecule has 10 heteroatoms. The van der Waals surface area contributed by atoms with E-state index < -0.39 is 16.7 Å². The van der Waals surface area contributed by atoms with Crippen molar-refractivity contribution in [2.24, 2.45) is 7.05 Å². The quantitative estimate of drug-likeness (QED) is 0.374. The van der Waals surface area contributed by atoms with Crippen LogP contribution >= 0.6 is 24.0 Å². The maximum absolute atomic E-state index is 12.5. The molecule has 0 bridgehead atoms. The third-order valence-electron chi connectivity index (χ3n) is 3.61. The van der Waals surface area contributed by atoms with Crippen LogP contribution in [0.5, 0.6) is 0 Å². The van der Waals surface area contributed by atoms with Crippen molar-refractivity contribution < 1.29 is 14.5 Å². The maximum atomic E-state index is 12.5. The molecule has 0 unspecified atom stereocenters. The number of nitro benzene ring substituents is 1. The van der Waals surface area contributed by atoms with Crippen molar-refractivity contribution in [1.82, 2.24) is 15.0 Å². The van der Waals surface area contributed by atoms with Gasteiger partial charge in [-0.1, -0.05) is 11.8 Å². The second-order valence-electron chi connectivity index (χ2n) is 5.31. The number of rotatable bonds is 4. The van der Waals surface area contributed by atoms with Crippen molar-refractivity contribution in [2.45, 2.75) is 0 Å². The van der Waals surface area contributed by atoms with Crippen LogP contribution in [0.2, 0.25) is 0 Å². The first kappa shape index (κ1) is 17.8. The summed E-state index contributed by atoms with van der Waals surface area (Å²) < 4.78 is 2.05. The predicted octanol–water partition coefficient (Wildman–Crippen LogP) is 2.48.